The minimum Gasteiger partial charge on any atom is -0.496 e. The molecule has 0 aliphatic carbocycles. The zero-order valence-electron chi connectivity index (χ0n) is 13.7. The van der Waals surface area contributed by atoms with Gasteiger partial charge in [-0.3, -0.25) is 9.59 Å². The smallest absolute Gasteiger partial charge is 0.260 e. The van der Waals surface area contributed by atoms with Crippen molar-refractivity contribution < 1.29 is 19.1 Å². The van der Waals surface area contributed by atoms with E-state index in [4.69, 9.17) is 15.2 Å². The molecule has 0 unspecified atom stereocenters. The summed E-state index contributed by atoms with van der Waals surface area (Å²) >= 11 is 0. The van der Waals surface area contributed by atoms with Gasteiger partial charge in [-0.05, 0) is 30.3 Å². The quantitative estimate of drug-likeness (QED) is 0.841. The fourth-order valence-corrected chi connectivity index (χ4v) is 2.15. The molecule has 0 saturated heterocycles. The number of likely N-dealkylation sites (N-methyl/N-ethyl adjacent to an activating group) is 1. The molecule has 2 rings (SSSR count). The van der Waals surface area contributed by atoms with Crippen molar-refractivity contribution in [2.45, 2.75) is 6.54 Å². The normalized spacial score (nSPS) is 10.1. The number of primary amides is 1. The van der Waals surface area contributed by atoms with Crippen LogP contribution in [0, 0.1) is 0 Å². The third kappa shape index (κ3) is 4.49. The molecule has 0 aliphatic heterocycles. The summed E-state index contributed by atoms with van der Waals surface area (Å²) in [5.41, 5.74) is 6.48. The van der Waals surface area contributed by atoms with Gasteiger partial charge in [-0.25, -0.2) is 0 Å². The van der Waals surface area contributed by atoms with Gasteiger partial charge in [0.2, 0.25) is 5.91 Å². The van der Waals surface area contributed by atoms with Crippen LogP contribution in [-0.4, -0.2) is 37.5 Å². The molecule has 0 heterocycles. The van der Waals surface area contributed by atoms with Crippen LogP contribution in [0.3, 0.4) is 0 Å². The van der Waals surface area contributed by atoms with E-state index in [9.17, 15) is 9.59 Å². The van der Waals surface area contributed by atoms with Crippen molar-refractivity contribution >= 4 is 11.8 Å². The van der Waals surface area contributed by atoms with E-state index in [-0.39, 0.29) is 12.5 Å². The second-order valence-electron chi connectivity index (χ2n) is 5.24. The van der Waals surface area contributed by atoms with Crippen molar-refractivity contribution in [1.82, 2.24) is 4.90 Å². The first kappa shape index (κ1) is 17.3. The molecule has 0 fully saturated rings. The average molecular weight is 328 g/mol. The molecule has 0 aliphatic rings. The molecule has 0 aromatic heterocycles. The predicted molar refractivity (Wildman–Crippen MR) is 89.9 cm³/mol. The van der Waals surface area contributed by atoms with Crippen LogP contribution in [0.25, 0.3) is 0 Å². The summed E-state index contributed by atoms with van der Waals surface area (Å²) in [5, 5.41) is 0. The van der Waals surface area contributed by atoms with Crippen molar-refractivity contribution in [3.05, 3.63) is 59.7 Å². The van der Waals surface area contributed by atoms with Crippen molar-refractivity contribution in [2.24, 2.45) is 5.73 Å². The molecular formula is C18H20N2O4. The first-order valence-electron chi connectivity index (χ1n) is 7.39. The van der Waals surface area contributed by atoms with Crippen molar-refractivity contribution in [3.63, 3.8) is 0 Å². The highest BCUT2D eigenvalue weighted by Gasteiger charge is 2.12. The maximum absolute atomic E-state index is 12.2. The Morgan fingerprint density at radius 2 is 1.75 bits per heavy atom. The van der Waals surface area contributed by atoms with E-state index >= 15 is 0 Å². The lowest BCUT2D eigenvalue weighted by Gasteiger charge is -2.19. The Morgan fingerprint density at radius 1 is 1.08 bits per heavy atom. The van der Waals surface area contributed by atoms with Crippen molar-refractivity contribution in [3.8, 4) is 11.5 Å². The molecule has 0 spiro atoms. The van der Waals surface area contributed by atoms with E-state index in [2.05, 4.69) is 0 Å². The zero-order valence-corrected chi connectivity index (χ0v) is 13.7. The highest BCUT2D eigenvalue weighted by atomic mass is 16.5. The lowest BCUT2D eigenvalue weighted by atomic mass is 10.2. The molecule has 0 radical (unpaired) electrons. The van der Waals surface area contributed by atoms with Crippen LogP contribution < -0.4 is 15.2 Å². The summed E-state index contributed by atoms with van der Waals surface area (Å²) in [7, 11) is 3.30. The summed E-state index contributed by atoms with van der Waals surface area (Å²) in [6, 6.07) is 13.9. The van der Waals surface area contributed by atoms with Gasteiger partial charge in [0, 0.05) is 24.7 Å². The van der Waals surface area contributed by atoms with Gasteiger partial charge >= 0.3 is 0 Å². The minimum absolute atomic E-state index is 0.0957. The van der Waals surface area contributed by atoms with Crippen LogP contribution in [0.1, 0.15) is 15.9 Å². The standard InChI is InChI=1S/C18H20N2O4/c1-20(11-14-5-3-4-6-16(14)23-2)17(21)12-24-15-9-7-13(8-10-15)18(19)22/h3-10H,11-12H2,1-2H3,(H2,19,22). The van der Waals surface area contributed by atoms with E-state index in [1.165, 1.54) is 0 Å². The lowest BCUT2D eigenvalue weighted by Crippen LogP contribution is -2.31. The highest BCUT2D eigenvalue weighted by Crippen LogP contribution is 2.19. The van der Waals surface area contributed by atoms with E-state index in [1.54, 1.807) is 43.3 Å². The van der Waals surface area contributed by atoms with Gasteiger partial charge in [0.15, 0.2) is 6.61 Å². The molecule has 126 valence electrons. The molecule has 2 N–H and O–H groups in total. The van der Waals surface area contributed by atoms with Crippen LogP contribution in [-0.2, 0) is 11.3 Å². The summed E-state index contributed by atoms with van der Waals surface area (Å²) in [5.74, 6) is 0.563. The van der Waals surface area contributed by atoms with Gasteiger partial charge in [0.25, 0.3) is 5.91 Å². The Hall–Kier alpha value is -3.02. The number of nitrogens with two attached hydrogens (primary N) is 1. The van der Waals surface area contributed by atoms with Gasteiger partial charge in [0.1, 0.15) is 11.5 Å². The average Bonchev–Trinajstić information content (AvgIpc) is 2.60. The van der Waals surface area contributed by atoms with Crippen LogP contribution in [0.15, 0.2) is 48.5 Å². The second-order valence-corrected chi connectivity index (χ2v) is 5.24. The van der Waals surface area contributed by atoms with Gasteiger partial charge in [-0.2, -0.15) is 0 Å². The van der Waals surface area contributed by atoms with Gasteiger partial charge in [-0.15, -0.1) is 0 Å². The first-order valence-corrected chi connectivity index (χ1v) is 7.39. The molecule has 0 saturated carbocycles. The Kier molecular flexibility index (Phi) is 5.78. The molecule has 24 heavy (non-hydrogen) atoms. The number of hydrogen-bond donors (Lipinski definition) is 1. The third-order valence-electron chi connectivity index (χ3n) is 3.53. The first-order chi connectivity index (χ1) is 11.5. The number of carbonyl (C=O) groups excluding carboxylic acids is 2. The van der Waals surface area contributed by atoms with Gasteiger partial charge in [-0.1, -0.05) is 18.2 Å². The van der Waals surface area contributed by atoms with Crippen LogP contribution >= 0.6 is 0 Å². The Morgan fingerprint density at radius 3 is 2.38 bits per heavy atom. The predicted octanol–water partition coefficient (Wildman–Crippen LogP) is 1.83. The Labute approximate surface area is 140 Å². The summed E-state index contributed by atoms with van der Waals surface area (Å²) < 4.78 is 10.7. The number of carbonyl (C=O) groups is 2. The fourth-order valence-electron chi connectivity index (χ4n) is 2.15. The lowest BCUT2D eigenvalue weighted by molar-refractivity contribution is -0.132. The maximum Gasteiger partial charge on any atom is 0.260 e. The van der Waals surface area contributed by atoms with E-state index in [0.717, 1.165) is 11.3 Å². The van der Waals surface area contributed by atoms with Crippen molar-refractivity contribution in [1.29, 1.82) is 0 Å². The fraction of sp³-hybridized carbons (Fsp3) is 0.222. The summed E-state index contributed by atoms with van der Waals surface area (Å²) in [4.78, 5) is 24.8. The molecule has 2 aromatic carbocycles. The number of rotatable bonds is 7. The van der Waals surface area contributed by atoms with Crippen molar-refractivity contribution in [2.75, 3.05) is 20.8 Å². The number of hydrogen-bond acceptors (Lipinski definition) is 4. The Bertz CT molecular complexity index is 713. The largest absolute Gasteiger partial charge is 0.496 e. The van der Waals surface area contributed by atoms with E-state index < -0.39 is 5.91 Å². The SMILES string of the molecule is COc1ccccc1CN(C)C(=O)COc1ccc(C(N)=O)cc1. The van der Waals surface area contributed by atoms with E-state index in [1.807, 2.05) is 24.3 Å². The third-order valence-corrected chi connectivity index (χ3v) is 3.53. The molecule has 6 nitrogen and oxygen atoms in total. The number of nitrogens with zero attached hydrogens (tertiary/aromatic N) is 1. The van der Waals surface area contributed by atoms with Gasteiger partial charge < -0.3 is 20.1 Å². The highest BCUT2D eigenvalue weighted by molar-refractivity contribution is 5.92. The summed E-state index contributed by atoms with van der Waals surface area (Å²) in [6.07, 6.45) is 0. The Balaban J connectivity index is 1.90. The molecule has 0 bridgehead atoms. The van der Waals surface area contributed by atoms with Crippen LogP contribution in [0.4, 0.5) is 0 Å². The number of para-hydroxylation sites is 1. The molecular weight excluding hydrogens is 308 g/mol. The maximum atomic E-state index is 12.2. The number of ether oxygens (including phenoxy) is 2. The number of methoxy groups -OCH3 is 1. The second kappa shape index (κ2) is 8.01. The molecule has 2 aromatic rings. The zero-order chi connectivity index (χ0) is 17.5. The van der Waals surface area contributed by atoms with Crippen LogP contribution in [0.5, 0.6) is 11.5 Å². The number of amides is 2. The summed E-state index contributed by atoms with van der Waals surface area (Å²) in [6.45, 7) is 0.328. The van der Waals surface area contributed by atoms with E-state index in [0.29, 0.717) is 17.9 Å². The molecule has 0 atom stereocenters. The topological polar surface area (TPSA) is 81.9 Å². The monoisotopic (exact) mass is 328 g/mol. The van der Waals surface area contributed by atoms with Gasteiger partial charge in [0.05, 0.1) is 7.11 Å². The minimum atomic E-state index is -0.505. The molecule has 6 heteroatoms. The number of benzene rings is 2. The van der Waals surface area contributed by atoms with Crippen LogP contribution in [0.2, 0.25) is 0 Å². The molecule has 2 amide bonds.